The number of carbonyl (C=O) groups excluding carboxylic acids is 2. The molecule has 190 valence electrons. The van der Waals surface area contributed by atoms with Crippen molar-refractivity contribution in [2.45, 2.75) is 13.5 Å². The van der Waals surface area contributed by atoms with E-state index in [2.05, 4.69) is 5.43 Å². The lowest BCUT2D eigenvalue weighted by Crippen LogP contribution is -2.44. The van der Waals surface area contributed by atoms with Crippen LogP contribution >= 0.6 is 35.6 Å². The van der Waals surface area contributed by atoms with Crippen LogP contribution in [0.2, 0.25) is 5.02 Å². The summed E-state index contributed by atoms with van der Waals surface area (Å²) in [5.41, 5.74) is 4.51. The van der Waals surface area contributed by atoms with Gasteiger partial charge in [-0.05, 0) is 73.2 Å². The quantitative estimate of drug-likeness (QED) is 0.262. The van der Waals surface area contributed by atoms with Crippen molar-refractivity contribution < 1.29 is 23.8 Å². The van der Waals surface area contributed by atoms with E-state index in [1.165, 1.54) is 0 Å². The second kappa shape index (κ2) is 12.1. The van der Waals surface area contributed by atoms with Crippen molar-refractivity contribution in [3.8, 4) is 17.2 Å². The molecule has 0 aliphatic carbocycles. The Morgan fingerprint density at radius 1 is 1.08 bits per heavy atom. The minimum absolute atomic E-state index is 0.225. The number of hydrogen-bond donors (Lipinski definition) is 1. The van der Waals surface area contributed by atoms with Gasteiger partial charge in [-0.2, -0.15) is 5.01 Å². The maximum absolute atomic E-state index is 13.0. The Labute approximate surface area is 229 Å². The molecule has 4 rings (SSSR count). The third kappa shape index (κ3) is 6.43. The zero-order valence-electron chi connectivity index (χ0n) is 20.0. The highest BCUT2D eigenvalue weighted by molar-refractivity contribution is 8.26. The molecule has 3 aromatic carbocycles. The number of carbonyl (C=O) groups is 2. The molecule has 0 bridgehead atoms. The van der Waals surface area contributed by atoms with Gasteiger partial charge in [-0.15, -0.1) is 0 Å². The highest BCUT2D eigenvalue weighted by Crippen LogP contribution is 2.35. The molecule has 0 unspecified atom stereocenters. The molecular formula is C27H23ClN2O5S2. The van der Waals surface area contributed by atoms with Crippen LogP contribution in [-0.2, 0) is 11.4 Å². The van der Waals surface area contributed by atoms with E-state index >= 15 is 0 Å². The molecule has 1 aliphatic heterocycles. The van der Waals surface area contributed by atoms with Gasteiger partial charge in [-0.3, -0.25) is 15.0 Å². The van der Waals surface area contributed by atoms with Crippen molar-refractivity contribution in [1.29, 1.82) is 0 Å². The monoisotopic (exact) mass is 554 g/mol. The Morgan fingerprint density at radius 3 is 2.54 bits per heavy atom. The second-order valence-electron chi connectivity index (χ2n) is 7.71. The number of halogens is 1. The third-order valence-corrected chi connectivity index (χ3v) is 6.94. The second-order valence-corrected chi connectivity index (χ2v) is 9.79. The Bertz CT molecular complexity index is 1360. The number of nitrogens with zero attached hydrogens (tertiary/aromatic N) is 1. The van der Waals surface area contributed by atoms with Crippen LogP contribution in [0.25, 0.3) is 6.08 Å². The van der Waals surface area contributed by atoms with Gasteiger partial charge < -0.3 is 14.2 Å². The molecule has 10 heteroatoms. The average Bonchev–Trinajstić information content (AvgIpc) is 3.16. The summed E-state index contributed by atoms with van der Waals surface area (Å²) < 4.78 is 17.0. The number of hydrazine groups is 1. The predicted octanol–water partition coefficient (Wildman–Crippen LogP) is 5.87. The Balaban J connectivity index is 1.48. The minimum atomic E-state index is -0.459. The molecule has 1 saturated heterocycles. The van der Waals surface area contributed by atoms with E-state index in [1.807, 2.05) is 37.3 Å². The van der Waals surface area contributed by atoms with E-state index in [0.717, 1.165) is 27.9 Å². The maximum Gasteiger partial charge on any atom is 0.285 e. The molecule has 1 heterocycles. The summed E-state index contributed by atoms with van der Waals surface area (Å²) in [4.78, 5) is 26.0. The van der Waals surface area contributed by atoms with E-state index in [1.54, 1.807) is 49.6 Å². The van der Waals surface area contributed by atoms with Crippen molar-refractivity contribution in [3.63, 3.8) is 0 Å². The summed E-state index contributed by atoms with van der Waals surface area (Å²) in [5.74, 6) is 0.828. The molecule has 0 saturated carbocycles. The molecule has 0 radical (unpaired) electrons. The smallest absolute Gasteiger partial charge is 0.285 e. The van der Waals surface area contributed by atoms with Gasteiger partial charge in [-0.1, -0.05) is 47.6 Å². The summed E-state index contributed by atoms with van der Waals surface area (Å²) in [6.45, 7) is 2.60. The van der Waals surface area contributed by atoms with Crippen LogP contribution in [0.1, 0.15) is 28.4 Å². The van der Waals surface area contributed by atoms with Crippen molar-refractivity contribution in [1.82, 2.24) is 10.4 Å². The number of nitrogens with one attached hydrogen (secondary N) is 1. The van der Waals surface area contributed by atoms with Crippen LogP contribution in [-0.4, -0.2) is 34.9 Å². The number of thioether (sulfide) groups is 1. The summed E-state index contributed by atoms with van der Waals surface area (Å²) in [5, 5.41) is 1.70. The van der Waals surface area contributed by atoms with Crippen molar-refractivity contribution in [2.24, 2.45) is 0 Å². The lowest BCUT2D eigenvalue weighted by Gasteiger charge is -2.15. The zero-order valence-corrected chi connectivity index (χ0v) is 22.4. The van der Waals surface area contributed by atoms with E-state index in [-0.39, 0.29) is 10.9 Å². The first-order chi connectivity index (χ1) is 17.9. The maximum atomic E-state index is 13.0. The van der Waals surface area contributed by atoms with E-state index in [9.17, 15) is 9.59 Å². The number of hydrogen-bond acceptors (Lipinski definition) is 7. The molecule has 0 atom stereocenters. The van der Waals surface area contributed by atoms with E-state index < -0.39 is 11.8 Å². The SMILES string of the molecule is CCOc1cc(/C=C2/SC(=S)N(NC(=O)c3ccc(OC)cc3)C2=O)ccc1OCc1ccccc1Cl. The van der Waals surface area contributed by atoms with Gasteiger partial charge in [-0.25, -0.2) is 0 Å². The van der Waals surface area contributed by atoms with Gasteiger partial charge in [0.25, 0.3) is 11.8 Å². The summed E-state index contributed by atoms with van der Waals surface area (Å²) in [6.07, 6.45) is 1.69. The fraction of sp³-hybridized carbons (Fsp3) is 0.148. The number of thiocarbonyl (C=S) groups is 1. The van der Waals surface area contributed by atoms with E-state index in [4.69, 9.17) is 38.0 Å². The topological polar surface area (TPSA) is 77.1 Å². The molecule has 1 N–H and O–H groups in total. The van der Waals surface area contributed by atoms with Crippen LogP contribution in [0.4, 0.5) is 0 Å². The van der Waals surface area contributed by atoms with E-state index in [0.29, 0.717) is 39.3 Å². The van der Waals surface area contributed by atoms with Crippen LogP contribution in [0, 0.1) is 0 Å². The summed E-state index contributed by atoms with van der Waals surface area (Å²) in [7, 11) is 1.54. The lowest BCUT2D eigenvalue weighted by molar-refractivity contribution is -0.123. The number of ether oxygens (including phenoxy) is 3. The Kier molecular flexibility index (Phi) is 8.70. The first-order valence-electron chi connectivity index (χ1n) is 11.3. The Hall–Kier alpha value is -3.53. The van der Waals surface area contributed by atoms with Gasteiger partial charge in [0.05, 0.1) is 18.6 Å². The average molecular weight is 555 g/mol. The highest BCUT2D eigenvalue weighted by Gasteiger charge is 2.33. The fourth-order valence-electron chi connectivity index (χ4n) is 3.40. The molecule has 0 aromatic heterocycles. The molecule has 7 nitrogen and oxygen atoms in total. The van der Waals surface area contributed by atoms with Gasteiger partial charge in [0, 0.05) is 16.1 Å². The van der Waals surface area contributed by atoms with Crippen LogP contribution in [0.5, 0.6) is 17.2 Å². The molecule has 0 spiro atoms. The van der Waals surface area contributed by atoms with Gasteiger partial charge in [0.15, 0.2) is 15.8 Å². The number of methoxy groups -OCH3 is 1. The van der Waals surface area contributed by atoms with Crippen molar-refractivity contribution >= 4 is 57.8 Å². The summed E-state index contributed by atoms with van der Waals surface area (Å²) in [6, 6.07) is 19.4. The predicted molar refractivity (Wildman–Crippen MR) is 149 cm³/mol. The third-order valence-electron chi connectivity index (χ3n) is 5.27. The fourth-order valence-corrected chi connectivity index (χ4v) is 4.77. The number of amides is 2. The zero-order chi connectivity index (χ0) is 26.4. The van der Waals surface area contributed by atoms with Crippen molar-refractivity contribution in [2.75, 3.05) is 13.7 Å². The van der Waals surface area contributed by atoms with Crippen LogP contribution in [0.15, 0.2) is 71.6 Å². The normalized spacial score (nSPS) is 14.1. The van der Waals surface area contributed by atoms with Crippen LogP contribution in [0.3, 0.4) is 0 Å². The number of benzene rings is 3. The van der Waals surface area contributed by atoms with Gasteiger partial charge >= 0.3 is 0 Å². The first-order valence-corrected chi connectivity index (χ1v) is 12.9. The van der Waals surface area contributed by atoms with Crippen molar-refractivity contribution in [3.05, 3.63) is 93.3 Å². The molecule has 2 amide bonds. The van der Waals surface area contributed by atoms with Gasteiger partial charge in [0.2, 0.25) is 0 Å². The first kappa shape index (κ1) is 26.5. The molecule has 1 aliphatic rings. The molecule has 1 fully saturated rings. The summed E-state index contributed by atoms with van der Waals surface area (Å²) >= 11 is 12.7. The largest absolute Gasteiger partial charge is 0.497 e. The standard InChI is InChI=1S/C27H23ClN2O5S2/c1-3-34-23-14-17(8-13-22(23)35-16-19-6-4-5-7-21(19)28)15-24-26(32)30(27(36)37-24)29-25(31)18-9-11-20(33-2)12-10-18/h4-15H,3,16H2,1-2H3,(H,29,31)/b24-15+. The van der Waals surface area contributed by atoms with Gasteiger partial charge in [0.1, 0.15) is 12.4 Å². The molecule has 37 heavy (non-hydrogen) atoms. The molecular weight excluding hydrogens is 532 g/mol. The highest BCUT2D eigenvalue weighted by atomic mass is 35.5. The minimum Gasteiger partial charge on any atom is -0.497 e. The number of rotatable bonds is 9. The van der Waals surface area contributed by atoms with Crippen LogP contribution < -0.4 is 19.6 Å². The lowest BCUT2D eigenvalue weighted by atomic mass is 10.1. The Morgan fingerprint density at radius 2 is 1.84 bits per heavy atom. The molecule has 3 aromatic rings.